The number of likely N-dealkylation sites (N-methyl/N-ethyl adjacent to an activating group) is 1. The molecule has 0 aromatic heterocycles. The van der Waals surface area contributed by atoms with Crippen molar-refractivity contribution in [3.8, 4) is 5.75 Å². The minimum absolute atomic E-state index is 0. The van der Waals surface area contributed by atoms with Gasteiger partial charge in [0.2, 0.25) is 0 Å². The van der Waals surface area contributed by atoms with Crippen molar-refractivity contribution >= 4 is 41.5 Å². The Hall–Kier alpha value is -0.680. The number of ether oxygens (including phenoxy) is 1. The molecule has 4 nitrogen and oxygen atoms in total. The standard InChI is InChI=1S/C15H22Cl2N2O2.ClH/c1-10(14(20)19(4)9-15(2,3)8-18)21-11-5-6-12(16)13(17)7-11;/h5-7,10H,8-9,18H2,1-4H3;1H. The molecule has 1 rings (SSSR count). The second-order valence-electron chi connectivity index (χ2n) is 5.90. The van der Waals surface area contributed by atoms with Crippen molar-refractivity contribution in [2.45, 2.75) is 26.9 Å². The van der Waals surface area contributed by atoms with Crippen LogP contribution in [0.4, 0.5) is 0 Å². The first-order chi connectivity index (χ1) is 9.66. The molecule has 0 aliphatic rings. The summed E-state index contributed by atoms with van der Waals surface area (Å²) in [5.41, 5.74) is 5.56. The average molecular weight is 370 g/mol. The zero-order valence-electron chi connectivity index (χ0n) is 13.2. The van der Waals surface area contributed by atoms with Crippen LogP contribution in [-0.4, -0.2) is 37.0 Å². The first kappa shape index (κ1) is 21.3. The molecule has 1 aromatic carbocycles. The van der Waals surface area contributed by atoms with Gasteiger partial charge in [0.1, 0.15) is 5.75 Å². The Balaban J connectivity index is 0.00000441. The van der Waals surface area contributed by atoms with Crippen LogP contribution in [0.2, 0.25) is 10.0 Å². The Bertz CT molecular complexity index is 510. The fraction of sp³-hybridized carbons (Fsp3) is 0.533. The molecule has 1 atom stereocenters. The fourth-order valence-corrected chi connectivity index (χ4v) is 2.19. The highest BCUT2D eigenvalue weighted by Gasteiger charge is 2.25. The molecule has 0 saturated carbocycles. The number of amides is 1. The molecule has 0 fully saturated rings. The number of nitrogens with two attached hydrogens (primary N) is 1. The Morgan fingerprint density at radius 3 is 2.45 bits per heavy atom. The summed E-state index contributed by atoms with van der Waals surface area (Å²) in [6, 6.07) is 4.91. The summed E-state index contributed by atoms with van der Waals surface area (Å²) in [6.07, 6.45) is -0.610. The number of carbonyl (C=O) groups is 1. The number of benzene rings is 1. The average Bonchev–Trinajstić information content (AvgIpc) is 2.41. The van der Waals surface area contributed by atoms with Crippen molar-refractivity contribution in [1.29, 1.82) is 0 Å². The van der Waals surface area contributed by atoms with E-state index in [0.29, 0.717) is 28.9 Å². The van der Waals surface area contributed by atoms with Gasteiger partial charge >= 0.3 is 0 Å². The molecule has 0 heterocycles. The quantitative estimate of drug-likeness (QED) is 0.833. The largest absolute Gasteiger partial charge is 0.481 e. The minimum atomic E-state index is -0.610. The van der Waals surface area contributed by atoms with E-state index in [4.69, 9.17) is 33.7 Å². The van der Waals surface area contributed by atoms with Gasteiger partial charge in [-0.3, -0.25) is 4.79 Å². The molecule has 1 unspecified atom stereocenters. The maximum Gasteiger partial charge on any atom is 0.263 e. The summed E-state index contributed by atoms with van der Waals surface area (Å²) >= 11 is 11.8. The Labute approximate surface area is 148 Å². The van der Waals surface area contributed by atoms with Crippen molar-refractivity contribution in [1.82, 2.24) is 4.90 Å². The molecule has 0 saturated heterocycles. The van der Waals surface area contributed by atoms with E-state index in [1.165, 1.54) is 0 Å². The zero-order valence-corrected chi connectivity index (χ0v) is 15.6. The number of hydrogen-bond acceptors (Lipinski definition) is 3. The normalized spacial score (nSPS) is 12.3. The van der Waals surface area contributed by atoms with Crippen molar-refractivity contribution in [3.63, 3.8) is 0 Å². The van der Waals surface area contributed by atoms with Crippen molar-refractivity contribution < 1.29 is 9.53 Å². The smallest absolute Gasteiger partial charge is 0.263 e. The Kier molecular flexibility index (Phi) is 8.55. The van der Waals surface area contributed by atoms with Crippen LogP contribution >= 0.6 is 35.6 Å². The number of halogens is 3. The predicted molar refractivity (Wildman–Crippen MR) is 94.3 cm³/mol. The van der Waals surface area contributed by atoms with E-state index in [9.17, 15) is 4.79 Å². The van der Waals surface area contributed by atoms with Crippen molar-refractivity contribution in [3.05, 3.63) is 28.2 Å². The number of nitrogens with zero attached hydrogens (tertiary/aromatic N) is 1. The Morgan fingerprint density at radius 1 is 1.36 bits per heavy atom. The van der Waals surface area contributed by atoms with Crippen LogP contribution in [0.25, 0.3) is 0 Å². The van der Waals surface area contributed by atoms with E-state index >= 15 is 0 Å². The molecular weight excluding hydrogens is 347 g/mol. The van der Waals surface area contributed by atoms with Gasteiger partial charge in [0.25, 0.3) is 5.91 Å². The summed E-state index contributed by atoms with van der Waals surface area (Å²) in [5.74, 6) is 0.402. The van der Waals surface area contributed by atoms with Crippen LogP contribution in [0.1, 0.15) is 20.8 Å². The molecule has 0 aliphatic heterocycles. The lowest BCUT2D eigenvalue weighted by molar-refractivity contribution is -0.137. The first-order valence-electron chi connectivity index (χ1n) is 6.73. The molecule has 0 aliphatic carbocycles. The number of carbonyl (C=O) groups excluding carboxylic acids is 1. The van der Waals surface area contributed by atoms with Crippen LogP contribution in [0.5, 0.6) is 5.75 Å². The van der Waals surface area contributed by atoms with Gasteiger partial charge in [0.15, 0.2) is 6.10 Å². The predicted octanol–water partition coefficient (Wildman–Crippen LogP) is 3.63. The summed E-state index contributed by atoms with van der Waals surface area (Å²) in [5, 5.41) is 0.844. The van der Waals surface area contributed by atoms with Crippen LogP contribution in [0.3, 0.4) is 0 Å². The number of rotatable bonds is 6. The molecule has 126 valence electrons. The maximum absolute atomic E-state index is 12.3. The minimum Gasteiger partial charge on any atom is -0.481 e. The summed E-state index contributed by atoms with van der Waals surface area (Å²) in [6.45, 7) is 6.81. The van der Waals surface area contributed by atoms with E-state index in [2.05, 4.69) is 0 Å². The number of hydrogen-bond donors (Lipinski definition) is 1. The SMILES string of the molecule is CC(Oc1ccc(Cl)c(Cl)c1)C(=O)N(C)CC(C)(C)CN.Cl. The van der Waals surface area contributed by atoms with Crippen molar-refractivity contribution in [2.24, 2.45) is 11.1 Å². The van der Waals surface area contributed by atoms with E-state index in [0.717, 1.165) is 0 Å². The van der Waals surface area contributed by atoms with Gasteiger partial charge in [0, 0.05) is 19.7 Å². The first-order valence-corrected chi connectivity index (χ1v) is 7.48. The van der Waals surface area contributed by atoms with Gasteiger partial charge in [-0.2, -0.15) is 0 Å². The molecule has 22 heavy (non-hydrogen) atoms. The maximum atomic E-state index is 12.3. The highest BCUT2D eigenvalue weighted by Crippen LogP contribution is 2.27. The van der Waals surface area contributed by atoms with Gasteiger partial charge < -0.3 is 15.4 Å². The fourth-order valence-electron chi connectivity index (χ4n) is 1.90. The van der Waals surface area contributed by atoms with E-state index < -0.39 is 6.10 Å². The molecule has 2 N–H and O–H groups in total. The summed E-state index contributed by atoms with van der Waals surface area (Å²) in [4.78, 5) is 13.9. The monoisotopic (exact) mass is 368 g/mol. The molecule has 0 radical (unpaired) electrons. The van der Waals surface area contributed by atoms with Gasteiger partial charge in [-0.15, -0.1) is 12.4 Å². The lowest BCUT2D eigenvalue weighted by Crippen LogP contribution is -2.44. The molecule has 7 heteroatoms. The van der Waals surface area contributed by atoms with Crippen LogP contribution < -0.4 is 10.5 Å². The lowest BCUT2D eigenvalue weighted by atomic mass is 9.93. The third-order valence-electron chi connectivity index (χ3n) is 3.15. The molecule has 0 bridgehead atoms. The van der Waals surface area contributed by atoms with Gasteiger partial charge in [0.05, 0.1) is 10.0 Å². The van der Waals surface area contributed by atoms with E-state index in [1.54, 1.807) is 37.1 Å². The second kappa shape index (κ2) is 8.82. The zero-order chi connectivity index (χ0) is 16.2. The molecule has 0 spiro atoms. The second-order valence-corrected chi connectivity index (χ2v) is 6.71. The third kappa shape index (κ3) is 6.21. The highest BCUT2D eigenvalue weighted by molar-refractivity contribution is 6.42. The van der Waals surface area contributed by atoms with Crippen LogP contribution in [0, 0.1) is 5.41 Å². The lowest BCUT2D eigenvalue weighted by Gasteiger charge is -2.30. The topological polar surface area (TPSA) is 55.6 Å². The Morgan fingerprint density at radius 2 is 1.95 bits per heavy atom. The summed E-state index contributed by atoms with van der Waals surface area (Å²) < 4.78 is 5.62. The van der Waals surface area contributed by atoms with E-state index in [-0.39, 0.29) is 23.7 Å². The van der Waals surface area contributed by atoms with Crippen molar-refractivity contribution in [2.75, 3.05) is 20.1 Å². The molecular formula is C15H23Cl3N2O2. The third-order valence-corrected chi connectivity index (χ3v) is 3.88. The van der Waals surface area contributed by atoms with E-state index in [1.807, 2.05) is 13.8 Å². The highest BCUT2D eigenvalue weighted by atomic mass is 35.5. The van der Waals surface area contributed by atoms with Gasteiger partial charge in [-0.1, -0.05) is 37.0 Å². The van der Waals surface area contributed by atoms with Crippen LogP contribution in [0.15, 0.2) is 18.2 Å². The molecule has 1 amide bonds. The summed E-state index contributed by atoms with van der Waals surface area (Å²) in [7, 11) is 1.74. The molecule has 1 aromatic rings. The van der Waals surface area contributed by atoms with Gasteiger partial charge in [-0.05, 0) is 31.0 Å². The van der Waals surface area contributed by atoms with Gasteiger partial charge in [-0.25, -0.2) is 0 Å². The van der Waals surface area contributed by atoms with Crippen LogP contribution in [-0.2, 0) is 4.79 Å².